The molecule has 0 bridgehead atoms. The highest BCUT2D eigenvalue weighted by molar-refractivity contribution is 7.09. The Morgan fingerprint density at radius 1 is 1.43 bits per heavy atom. The maximum atomic E-state index is 12.5. The van der Waals surface area contributed by atoms with E-state index in [-0.39, 0.29) is 17.5 Å². The molecule has 0 fully saturated rings. The van der Waals surface area contributed by atoms with Crippen molar-refractivity contribution in [2.24, 2.45) is 0 Å². The van der Waals surface area contributed by atoms with Crippen LogP contribution in [0.2, 0.25) is 0 Å². The van der Waals surface area contributed by atoms with Crippen molar-refractivity contribution >= 4 is 22.9 Å². The van der Waals surface area contributed by atoms with Crippen LogP contribution in [0, 0.1) is 6.92 Å². The van der Waals surface area contributed by atoms with E-state index in [1.807, 2.05) is 26.2 Å². The highest BCUT2D eigenvalue weighted by atomic mass is 32.1. The third kappa shape index (κ3) is 3.55. The average molecular weight is 305 g/mol. The first-order valence-electron chi connectivity index (χ1n) is 6.67. The Balaban J connectivity index is 2.20. The normalized spacial score (nSPS) is 10.9. The van der Waals surface area contributed by atoms with Crippen LogP contribution in [0.25, 0.3) is 0 Å². The Morgan fingerprint density at radius 3 is 2.71 bits per heavy atom. The molecule has 6 nitrogen and oxygen atoms in total. The summed E-state index contributed by atoms with van der Waals surface area (Å²) in [6, 6.07) is 0. The third-order valence-electron chi connectivity index (χ3n) is 2.97. The SMILES string of the molecule is Cc1nc(CN(C)C(=O)c2nc(C(C)C)ncc2N)cs1. The van der Waals surface area contributed by atoms with Crippen molar-refractivity contribution < 1.29 is 4.79 Å². The molecule has 0 saturated carbocycles. The number of rotatable bonds is 4. The molecule has 0 spiro atoms. The standard InChI is InChI=1S/C14H19N5OS/c1-8(2)13-16-5-11(15)12(18-13)14(20)19(4)6-10-7-21-9(3)17-10/h5,7-8H,6,15H2,1-4H3. The Labute approximate surface area is 128 Å². The van der Waals surface area contributed by atoms with Gasteiger partial charge in [0, 0.05) is 18.3 Å². The zero-order valence-electron chi connectivity index (χ0n) is 12.6. The summed E-state index contributed by atoms with van der Waals surface area (Å²) in [5.74, 6) is 0.538. The van der Waals surface area contributed by atoms with Gasteiger partial charge in [-0.1, -0.05) is 13.8 Å². The summed E-state index contributed by atoms with van der Waals surface area (Å²) in [4.78, 5) is 26.8. The topological polar surface area (TPSA) is 85.0 Å². The number of thiazole rings is 1. The molecular weight excluding hydrogens is 286 g/mol. The molecule has 0 aromatic carbocycles. The number of aromatic nitrogens is 3. The van der Waals surface area contributed by atoms with Crippen LogP contribution in [0.5, 0.6) is 0 Å². The van der Waals surface area contributed by atoms with E-state index < -0.39 is 0 Å². The number of hydrogen-bond donors (Lipinski definition) is 1. The molecule has 7 heteroatoms. The molecule has 0 aliphatic carbocycles. The van der Waals surface area contributed by atoms with Crippen molar-refractivity contribution in [1.29, 1.82) is 0 Å². The van der Waals surface area contributed by atoms with Gasteiger partial charge in [-0.05, 0) is 6.92 Å². The average Bonchev–Trinajstić information content (AvgIpc) is 2.83. The molecule has 2 N–H and O–H groups in total. The number of nitrogen functional groups attached to an aromatic ring is 1. The van der Waals surface area contributed by atoms with Gasteiger partial charge in [0.15, 0.2) is 5.69 Å². The summed E-state index contributed by atoms with van der Waals surface area (Å²) in [7, 11) is 1.72. The molecule has 2 aromatic rings. The number of carbonyl (C=O) groups is 1. The molecule has 0 atom stereocenters. The van der Waals surface area contributed by atoms with Crippen LogP contribution < -0.4 is 5.73 Å². The number of aryl methyl sites for hydroxylation is 1. The molecule has 2 heterocycles. The van der Waals surface area contributed by atoms with E-state index >= 15 is 0 Å². The van der Waals surface area contributed by atoms with Crippen molar-refractivity contribution in [2.45, 2.75) is 33.2 Å². The molecule has 1 amide bonds. The highest BCUT2D eigenvalue weighted by Crippen LogP contribution is 2.16. The van der Waals surface area contributed by atoms with E-state index in [9.17, 15) is 4.79 Å². The molecular formula is C14H19N5OS. The summed E-state index contributed by atoms with van der Waals surface area (Å²) >= 11 is 1.56. The lowest BCUT2D eigenvalue weighted by Crippen LogP contribution is -2.28. The van der Waals surface area contributed by atoms with E-state index in [0.717, 1.165) is 10.7 Å². The van der Waals surface area contributed by atoms with Gasteiger partial charge in [-0.3, -0.25) is 4.79 Å². The number of nitrogens with zero attached hydrogens (tertiary/aromatic N) is 4. The second kappa shape index (κ2) is 6.17. The molecule has 0 aliphatic heterocycles. The van der Waals surface area contributed by atoms with Crippen LogP contribution in [-0.2, 0) is 6.54 Å². The molecule has 21 heavy (non-hydrogen) atoms. The van der Waals surface area contributed by atoms with Crippen molar-refractivity contribution in [2.75, 3.05) is 12.8 Å². The van der Waals surface area contributed by atoms with Crippen LogP contribution in [-0.4, -0.2) is 32.8 Å². The summed E-state index contributed by atoms with van der Waals surface area (Å²) < 4.78 is 0. The zero-order chi connectivity index (χ0) is 15.6. The summed E-state index contributed by atoms with van der Waals surface area (Å²) in [5.41, 5.74) is 7.26. The van der Waals surface area contributed by atoms with E-state index in [1.54, 1.807) is 23.3 Å². The van der Waals surface area contributed by atoms with Crippen LogP contribution in [0.1, 0.15) is 46.8 Å². The quantitative estimate of drug-likeness (QED) is 0.936. The largest absolute Gasteiger partial charge is 0.396 e. The Kier molecular flexibility index (Phi) is 4.52. The van der Waals surface area contributed by atoms with E-state index in [4.69, 9.17) is 5.73 Å². The number of anilines is 1. The maximum Gasteiger partial charge on any atom is 0.274 e. The highest BCUT2D eigenvalue weighted by Gasteiger charge is 2.19. The number of nitrogens with two attached hydrogens (primary N) is 1. The third-order valence-corrected chi connectivity index (χ3v) is 3.79. The number of hydrogen-bond acceptors (Lipinski definition) is 6. The lowest BCUT2D eigenvalue weighted by Gasteiger charge is -2.17. The van der Waals surface area contributed by atoms with Crippen LogP contribution in [0.4, 0.5) is 5.69 Å². The molecule has 112 valence electrons. The molecule has 2 rings (SSSR count). The summed E-state index contributed by atoms with van der Waals surface area (Å²) in [6.07, 6.45) is 1.50. The Bertz CT molecular complexity index is 653. The second-order valence-electron chi connectivity index (χ2n) is 5.21. The molecule has 2 aromatic heterocycles. The first-order chi connectivity index (χ1) is 9.88. The van der Waals surface area contributed by atoms with Gasteiger partial charge in [-0.2, -0.15) is 0 Å². The fourth-order valence-electron chi connectivity index (χ4n) is 1.83. The predicted molar refractivity (Wildman–Crippen MR) is 83.2 cm³/mol. The van der Waals surface area contributed by atoms with Crippen LogP contribution in [0.15, 0.2) is 11.6 Å². The molecule has 0 saturated heterocycles. The van der Waals surface area contributed by atoms with Gasteiger partial charge in [0.2, 0.25) is 0 Å². The van der Waals surface area contributed by atoms with Crippen molar-refractivity contribution in [3.05, 3.63) is 33.8 Å². The minimum Gasteiger partial charge on any atom is -0.396 e. The van der Waals surface area contributed by atoms with Gasteiger partial charge in [0.05, 0.1) is 29.1 Å². The molecule has 0 unspecified atom stereocenters. The zero-order valence-corrected chi connectivity index (χ0v) is 13.4. The smallest absolute Gasteiger partial charge is 0.274 e. The molecule has 0 radical (unpaired) electrons. The predicted octanol–water partition coefficient (Wildman–Crippen LogP) is 2.22. The van der Waals surface area contributed by atoms with E-state index in [1.165, 1.54) is 6.20 Å². The minimum absolute atomic E-state index is 0.142. The number of carbonyl (C=O) groups excluding carboxylic acids is 1. The fourth-order valence-corrected chi connectivity index (χ4v) is 2.43. The second-order valence-corrected chi connectivity index (χ2v) is 6.27. The van der Waals surface area contributed by atoms with E-state index in [2.05, 4.69) is 15.0 Å². The van der Waals surface area contributed by atoms with Crippen molar-refractivity contribution in [1.82, 2.24) is 19.9 Å². The van der Waals surface area contributed by atoms with Crippen LogP contribution in [0.3, 0.4) is 0 Å². The van der Waals surface area contributed by atoms with Gasteiger partial charge >= 0.3 is 0 Å². The first-order valence-corrected chi connectivity index (χ1v) is 7.55. The fraction of sp³-hybridized carbons (Fsp3) is 0.429. The Hall–Kier alpha value is -2.02. The van der Waals surface area contributed by atoms with Gasteiger partial charge in [0.1, 0.15) is 5.82 Å². The number of amides is 1. The van der Waals surface area contributed by atoms with E-state index in [0.29, 0.717) is 18.1 Å². The first kappa shape index (κ1) is 15.4. The monoisotopic (exact) mass is 305 g/mol. The lowest BCUT2D eigenvalue weighted by molar-refractivity contribution is 0.0778. The minimum atomic E-state index is -0.220. The maximum absolute atomic E-state index is 12.5. The van der Waals surface area contributed by atoms with Crippen molar-refractivity contribution in [3.63, 3.8) is 0 Å². The van der Waals surface area contributed by atoms with Gasteiger partial charge in [-0.15, -0.1) is 11.3 Å². The van der Waals surface area contributed by atoms with Crippen molar-refractivity contribution in [3.8, 4) is 0 Å². The lowest BCUT2D eigenvalue weighted by atomic mass is 10.2. The summed E-state index contributed by atoms with van der Waals surface area (Å²) in [6.45, 7) is 6.32. The Morgan fingerprint density at radius 2 is 2.14 bits per heavy atom. The van der Waals surface area contributed by atoms with Crippen LogP contribution >= 0.6 is 11.3 Å². The van der Waals surface area contributed by atoms with Gasteiger partial charge < -0.3 is 10.6 Å². The molecule has 0 aliphatic rings. The van der Waals surface area contributed by atoms with Gasteiger partial charge in [0.25, 0.3) is 5.91 Å². The van der Waals surface area contributed by atoms with Gasteiger partial charge in [-0.25, -0.2) is 15.0 Å². The summed E-state index contributed by atoms with van der Waals surface area (Å²) in [5, 5.41) is 2.93.